The summed E-state index contributed by atoms with van der Waals surface area (Å²) in [6.45, 7) is 13.4. The Kier molecular flexibility index (Phi) is 6.43. The van der Waals surface area contributed by atoms with E-state index >= 15 is 0 Å². The number of ether oxygens (including phenoxy) is 1. The number of fused-ring (bicyclic) bond motifs is 8. The minimum Gasteiger partial charge on any atom is -0.490 e. The molecule has 1 amide bonds. The van der Waals surface area contributed by atoms with Crippen LogP contribution in [0.4, 0.5) is 0 Å². The number of primary amides is 1. The first kappa shape index (κ1) is 25.3. The lowest BCUT2D eigenvalue weighted by atomic mass is 9.55. The van der Waals surface area contributed by atoms with Gasteiger partial charge in [0.1, 0.15) is 17.6 Å². The van der Waals surface area contributed by atoms with Gasteiger partial charge in [0.15, 0.2) is 0 Å². The maximum Gasteiger partial charge on any atom is 0.228 e. The molecule has 1 aromatic carbocycles. The number of carbonyl (C=O) groups excluding carboxylic acids is 2. The van der Waals surface area contributed by atoms with Gasteiger partial charge in [-0.3, -0.25) is 9.59 Å². The van der Waals surface area contributed by atoms with Gasteiger partial charge in [0.05, 0.1) is 12.0 Å². The summed E-state index contributed by atoms with van der Waals surface area (Å²) < 4.78 is 6.90. The highest BCUT2D eigenvalue weighted by molar-refractivity contribution is 6.02. The van der Waals surface area contributed by atoms with Crippen molar-refractivity contribution in [2.75, 3.05) is 0 Å². The first-order chi connectivity index (χ1) is 17.0. The fourth-order valence-corrected chi connectivity index (χ4v) is 9.15. The van der Waals surface area contributed by atoms with Gasteiger partial charge in [-0.2, -0.15) is 0 Å². The summed E-state index contributed by atoms with van der Waals surface area (Å²) in [5.74, 6) is -0.312. The fraction of sp³-hybridized carbons (Fsp3) is 0.613. The number of Topliss-reactive ketones (excluding diaryl/α,β-unsaturated/α-hetero) is 1. The molecule has 3 N–H and O–H groups in total. The molecule has 2 fully saturated rings. The number of amides is 1. The molecule has 2 unspecified atom stereocenters. The standard InChI is InChI=1S/C31H41NO4/c1-6-20-12-18(4)26-25-24(20)28(34)23(30(32)35)14-21(33)13-19-7-9-22(10-8-19)36-29(25)27-17(3)11-16(2)15-31(26,27)5/h6-10,12,16-17,20-21,23-27,29,33H,1,11,13-15H2,2-5H3,(H2,32,35)/t16-,17+,20?,21-,23+,24+,25-,26+,27?,29+,31+/m1/s1. The minimum absolute atomic E-state index is 0.0174. The maximum absolute atomic E-state index is 14.3. The van der Waals surface area contributed by atoms with Crippen molar-refractivity contribution in [2.45, 2.75) is 65.6 Å². The number of aliphatic hydroxyl groups is 1. The van der Waals surface area contributed by atoms with E-state index in [1.807, 2.05) is 30.3 Å². The van der Waals surface area contributed by atoms with Gasteiger partial charge in [-0.25, -0.2) is 0 Å². The van der Waals surface area contributed by atoms with E-state index in [-0.39, 0.29) is 47.4 Å². The second-order valence-electron chi connectivity index (χ2n) is 12.5. The number of benzene rings is 1. The molecule has 0 aromatic heterocycles. The predicted octanol–water partition coefficient (Wildman–Crippen LogP) is 4.72. The van der Waals surface area contributed by atoms with E-state index in [4.69, 9.17) is 10.5 Å². The van der Waals surface area contributed by atoms with Crippen molar-refractivity contribution in [3.05, 3.63) is 54.1 Å². The number of carbonyl (C=O) groups is 2. The third-order valence-corrected chi connectivity index (χ3v) is 10.0. The lowest BCUT2D eigenvalue weighted by molar-refractivity contribution is -0.139. The molecule has 2 saturated carbocycles. The van der Waals surface area contributed by atoms with Gasteiger partial charge in [0.2, 0.25) is 5.91 Å². The molecule has 0 saturated heterocycles. The Morgan fingerprint density at radius 2 is 1.92 bits per heavy atom. The van der Waals surface area contributed by atoms with E-state index < -0.39 is 23.8 Å². The van der Waals surface area contributed by atoms with Gasteiger partial charge < -0.3 is 15.6 Å². The van der Waals surface area contributed by atoms with Crippen LogP contribution >= 0.6 is 0 Å². The molecular formula is C31H41NO4. The molecule has 11 atom stereocenters. The highest BCUT2D eigenvalue weighted by atomic mass is 16.5. The highest BCUT2D eigenvalue weighted by Gasteiger charge is 2.66. The van der Waals surface area contributed by atoms with Crippen LogP contribution in [0.15, 0.2) is 48.6 Å². The van der Waals surface area contributed by atoms with Crippen molar-refractivity contribution in [3.8, 4) is 5.75 Å². The van der Waals surface area contributed by atoms with E-state index in [0.29, 0.717) is 18.3 Å². The lowest BCUT2D eigenvalue weighted by Gasteiger charge is -2.48. The van der Waals surface area contributed by atoms with Crippen LogP contribution in [0, 0.1) is 52.8 Å². The molecule has 0 radical (unpaired) electrons. The lowest BCUT2D eigenvalue weighted by Crippen LogP contribution is -2.48. The Hall–Kier alpha value is -2.40. The molecule has 3 aliphatic carbocycles. The number of ketones is 1. The molecule has 2 heterocycles. The summed E-state index contributed by atoms with van der Waals surface area (Å²) in [4.78, 5) is 27.0. The number of hydrogen-bond acceptors (Lipinski definition) is 4. The van der Waals surface area contributed by atoms with Crippen LogP contribution in [0.5, 0.6) is 5.75 Å². The second-order valence-corrected chi connectivity index (χ2v) is 12.5. The average molecular weight is 492 g/mol. The van der Waals surface area contributed by atoms with E-state index in [2.05, 4.69) is 40.3 Å². The molecule has 6 rings (SSSR count). The summed E-state index contributed by atoms with van der Waals surface area (Å²) in [5.41, 5.74) is 8.05. The molecule has 36 heavy (non-hydrogen) atoms. The summed E-state index contributed by atoms with van der Waals surface area (Å²) in [7, 11) is 0. The fourth-order valence-electron chi connectivity index (χ4n) is 9.15. The van der Waals surface area contributed by atoms with Crippen LogP contribution in [0.2, 0.25) is 0 Å². The van der Waals surface area contributed by atoms with Crippen LogP contribution in [0.1, 0.15) is 52.5 Å². The second kappa shape index (κ2) is 9.16. The topological polar surface area (TPSA) is 89.6 Å². The number of hydrogen-bond donors (Lipinski definition) is 2. The summed E-state index contributed by atoms with van der Waals surface area (Å²) in [6.07, 6.45) is 5.67. The number of allylic oxidation sites excluding steroid dienone is 3. The van der Waals surface area contributed by atoms with Gasteiger partial charge in [-0.05, 0) is 73.5 Å². The third-order valence-electron chi connectivity index (χ3n) is 10.0. The maximum atomic E-state index is 14.3. The van der Waals surface area contributed by atoms with Gasteiger partial charge in [0, 0.05) is 23.7 Å². The smallest absolute Gasteiger partial charge is 0.228 e. The van der Waals surface area contributed by atoms with Crippen molar-refractivity contribution < 1.29 is 19.4 Å². The Morgan fingerprint density at radius 1 is 1.22 bits per heavy atom. The zero-order valence-electron chi connectivity index (χ0n) is 22.0. The zero-order valence-corrected chi connectivity index (χ0v) is 22.0. The molecule has 1 aromatic rings. The molecule has 5 heteroatoms. The van der Waals surface area contributed by atoms with Crippen LogP contribution in [0.25, 0.3) is 0 Å². The molecule has 5 nitrogen and oxygen atoms in total. The largest absolute Gasteiger partial charge is 0.490 e. The van der Waals surface area contributed by atoms with E-state index in [0.717, 1.165) is 24.2 Å². The summed E-state index contributed by atoms with van der Waals surface area (Å²) in [6, 6.07) is 7.93. The van der Waals surface area contributed by atoms with E-state index in [1.165, 1.54) is 5.57 Å². The van der Waals surface area contributed by atoms with Crippen LogP contribution in [-0.2, 0) is 16.0 Å². The summed E-state index contributed by atoms with van der Waals surface area (Å²) in [5, 5.41) is 10.9. The van der Waals surface area contributed by atoms with E-state index in [1.54, 1.807) is 0 Å². The normalized spacial score (nSPS) is 44.1. The molecule has 194 valence electrons. The first-order valence-electron chi connectivity index (χ1n) is 13.6. The predicted molar refractivity (Wildman–Crippen MR) is 140 cm³/mol. The molecule has 5 aliphatic rings. The Balaban J connectivity index is 1.72. The Labute approximate surface area is 215 Å². The van der Waals surface area contributed by atoms with E-state index in [9.17, 15) is 14.7 Å². The SMILES string of the molecule is C=CC1C=C(C)[C@H]2[C@@H]3[C@H](Oc4ccc(cc4)C[C@@H](O)C[C@H](C(N)=O)C(=O)[C@@H]13)C1[C@@H](C)C[C@@H](C)C[C@]12C. The quantitative estimate of drug-likeness (QED) is 0.463. The van der Waals surface area contributed by atoms with Gasteiger partial charge in [0.25, 0.3) is 0 Å². The van der Waals surface area contributed by atoms with Crippen LogP contribution < -0.4 is 10.5 Å². The summed E-state index contributed by atoms with van der Waals surface area (Å²) >= 11 is 0. The van der Waals surface area contributed by atoms with Crippen molar-refractivity contribution in [1.82, 2.24) is 0 Å². The Bertz CT molecular complexity index is 1080. The number of nitrogens with two attached hydrogens (primary N) is 1. The molecule has 2 bridgehead atoms. The molecule has 2 aliphatic heterocycles. The van der Waals surface area contributed by atoms with Gasteiger partial charge >= 0.3 is 0 Å². The van der Waals surface area contributed by atoms with Crippen LogP contribution in [0.3, 0.4) is 0 Å². The molecular weight excluding hydrogens is 450 g/mol. The van der Waals surface area contributed by atoms with Crippen molar-refractivity contribution in [1.29, 1.82) is 0 Å². The van der Waals surface area contributed by atoms with Crippen molar-refractivity contribution in [2.24, 2.45) is 58.5 Å². The van der Waals surface area contributed by atoms with Gasteiger partial charge in [-0.1, -0.05) is 50.6 Å². The van der Waals surface area contributed by atoms with Crippen molar-refractivity contribution in [3.63, 3.8) is 0 Å². The Morgan fingerprint density at radius 3 is 2.56 bits per heavy atom. The number of aliphatic hydroxyl groups excluding tert-OH is 1. The van der Waals surface area contributed by atoms with Crippen molar-refractivity contribution >= 4 is 11.7 Å². The van der Waals surface area contributed by atoms with Gasteiger partial charge in [-0.15, -0.1) is 6.58 Å². The highest BCUT2D eigenvalue weighted by Crippen LogP contribution is 2.67. The minimum atomic E-state index is -1.04. The monoisotopic (exact) mass is 491 g/mol. The first-order valence-corrected chi connectivity index (χ1v) is 13.6. The average Bonchev–Trinajstić information content (AvgIpc) is 3.06. The molecule has 0 spiro atoms. The zero-order chi connectivity index (χ0) is 25.9. The number of rotatable bonds is 2. The van der Waals surface area contributed by atoms with Crippen LogP contribution in [-0.4, -0.2) is 29.0 Å². The third kappa shape index (κ3) is 3.95.